The maximum absolute atomic E-state index is 13.4. The first-order chi connectivity index (χ1) is 15.2. The number of hydrogen-bond donors (Lipinski definition) is 2. The van der Waals surface area contributed by atoms with Crippen molar-refractivity contribution in [3.63, 3.8) is 0 Å². The molecule has 0 atom stereocenters. The van der Waals surface area contributed by atoms with Gasteiger partial charge in [0.05, 0.1) is 9.79 Å². The highest BCUT2D eigenvalue weighted by Gasteiger charge is 2.35. The van der Waals surface area contributed by atoms with Gasteiger partial charge >= 0.3 is 6.18 Å². The van der Waals surface area contributed by atoms with Crippen LogP contribution in [0.5, 0.6) is 0 Å². The monoisotopic (exact) mass is 500 g/mol. The van der Waals surface area contributed by atoms with Gasteiger partial charge in [0.25, 0.3) is 0 Å². The number of anilines is 3. The van der Waals surface area contributed by atoms with Crippen molar-refractivity contribution in [2.75, 3.05) is 23.1 Å². The van der Waals surface area contributed by atoms with Crippen LogP contribution in [0.15, 0.2) is 64.5 Å². The van der Waals surface area contributed by atoms with Gasteiger partial charge in [-0.05, 0) is 42.0 Å². The normalized spacial score (nSPS) is 12.4. The van der Waals surface area contributed by atoms with Crippen molar-refractivity contribution < 1.29 is 30.0 Å². The summed E-state index contributed by atoms with van der Waals surface area (Å²) in [6.07, 6.45) is -2.02. The summed E-state index contributed by atoms with van der Waals surface area (Å²) in [6, 6.07) is 11.4. The summed E-state index contributed by atoms with van der Waals surface area (Å²) in [4.78, 5) is 7.72. The standard InChI is InChI=1S/C20H19F3N4O4S2/c1-32(28,29)15-8-6-14(7-9-15)26-19-25-12-17(20(21,22)23)18(27-19)24-11-13-4-3-5-16(10-13)33(2,30)31/h3-10,12H,11H2,1-2H3,(H2,24,25,26,27). The van der Waals surface area contributed by atoms with Gasteiger partial charge in [0.2, 0.25) is 5.95 Å². The number of sulfone groups is 2. The van der Waals surface area contributed by atoms with Gasteiger partial charge in [0.15, 0.2) is 19.7 Å². The van der Waals surface area contributed by atoms with Crippen LogP contribution < -0.4 is 10.6 Å². The largest absolute Gasteiger partial charge is 0.421 e. The number of nitrogens with one attached hydrogen (secondary N) is 2. The van der Waals surface area contributed by atoms with Crippen LogP contribution in [0.4, 0.5) is 30.6 Å². The van der Waals surface area contributed by atoms with Crippen LogP contribution in [-0.2, 0) is 32.4 Å². The molecule has 2 aromatic carbocycles. The summed E-state index contributed by atoms with van der Waals surface area (Å²) in [5.74, 6) is -0.653. The lowest BCUT2D eigenvalue weighted by molar-refractivity contribution is -0.137. The molecule has 33 heavy (non-hydrogen) atoms. The second kappa shape index (κ2) is 8.98. The quantitative estimate of drug-likeness (QED) is 0.505. The fourth-order valence-electron chi connectivity index (χ4n) is 2.77. The molecular weight excluding hydrogens is 481 g/mol. The molecule has 1 aromatic heterocycles. The smallest absolute Gasteiger partial charge is 0.365 e. The molecule has 13 heteroatoms. The zero-order valence-electron chi connectivity index (χ0n) is 17.4. The molecule has 0 saturated heterocycles. The Labute approximate surface area is 188 Å². The number of benzene rings is 2. The van der Waals surface area contributed by atoms with Crippen molar-refractivity contribution in [2.24, 2.45) is 0 Å². The van der Waals surface area contributed by atoms with E-state index in [1.807, 2.05) is 0 Å². The molecular formula is C20H19F3N4O4S2. The van der Waals surface area contributed by atoms with E-state index in [1.54, 1.807) is 6.07 Å². The second-order valence-corrected chi connectivity index (χ2v) is 11.2. The molecule has 8 nitrogen and oxygen atoms in total. The Morgan fingerprint density at radius 1 is 0.909 bits per heavy atom. The number of halogens is 3. The SMILES string of the molecule is CS(=O)(=O)c1ccc(Nc2ncc(C(F)(F)F)c(NCc3cccc(S(C)(=O)=O)c3)n2)cc1. The lowest BCUT2D eigenvalue weighted by Gasteiger charge is -2.15. The highest BCUT2D eigenvalue weighted by molar-refractivity contribution is 7.91. The van der Waals surface area contributed by atoms with Gasteiger partial charge in [-0.1, -0.05) is 12.1 Å². The first-order valence-electron chi connectivity index (χ1n) is 9.28. The molecule has 3 aromatic rings. The van der Waals surface area contributed by atoms with Crippen molar-refractivity contribution in [3.05, 3.63) is 65.9 Å². The molecule has 0 radical (unpaired) electrons. The average Bonchev–Trinajstić information content (AvgIpc) is 2.71. The van der Waals surface area contributed by atoms with Gasteiger partial charge in [-0.2, -0.15) is 18.2 Å². The van der Waals surface area contributed by atoms with Crippen molar-refractivity contribution >= 4 is 37.1 Å². The topological polar surface area (TPSA) is 118 Å². The first kappa shape index (κ1) is 24.5. The highest BCUT2D eigenvalue weighted by atomic mass is 32.2. The lowest BCUT2D eigenvalue weighted by atomic mass is 10.2. The Morgan fingerprint density at radius 2 is 1.55 bits per heavy atom. The maximum Gasteiger partial charge on any atom is 0.421 e. The van der Waals surface area contributed by atoms with Crippen molar-refractivity contribution in [3.8, 4) is 0 Å². The molecule has 176 valence electrons. The minimum absolute atomic E-state index is 0.0421. The van der Waals surface area contributed by atoms with Gasteiger partial charge in [-0.25, -0.2) is 21.8 Å². The van der Waals surface area contributed by atoms with Gasteiger partial charge in [-0.15, -0.1) is 0 Å². The zero-order valence-corrected chi connectivity index (χ0v) is 19.0. The van der Waals surface area contributed by atoms with Gasteiger partial charge in [0.1, 0.15) is 11.4 Å². The van der Waals surface area contributed by atoms with E-state index in [1.165, 1.54) is 42.5 Å². The predicted molar refractivity (Wildman–Crippen MR) is 117 cm³/mol. The van der Waals surface area contributed by atoms with E-state index in [9.17, 15) is 30.0 Å². The van der Waals surface area contributed by atoms with E-state index in [2.05, 4.69) is 20.6 Å². The molecule has 0 unspecified atom stereocenters. The number of aromatic nitrogens is 2. The lowest BCUT2D eigenvalue weighted by Crippen LogP contribution is -2.14. The molecule has 3 rings (SSSR count). The Hall–Kier alpha value is -3.19. The van der Waals surface area contributed by atoms with E-state index in [0.717, 1.165) is 12.5 Å². The molecule has 2 N–H and O–H groups in total. The average molecular weight is 501 g/mol. The third-order valence-corrected chi connectivity index (χ3v) is 6.66. The first-order valence-corrected chi connectivity index (χ1v) is 13.1. The summed E-state index contributed by atoms with van der Waals surface area (Å²) < 4.78 is 86.8. The second-order valence-electron chi connectivity index (χ2n) is 7.15. The summed E-state index contributed by atoms with van der Waals surface area (Å²) in [5, 5.41) is 5.31. The minimum atomic E-state index is -4.73. The van der Waals surface area contributed by atoms with E-state index < -0.39 is 37.2 Å². The molecule has 0 aliphatic carbocycles. The van der Waals surface area contributed by atoms with E-state index in [4.69, 9.17) is 0 Å². The minimum Gasteiger partial charge on any atom is -0.365 e. The summed E-state index contributed by atoms with van der Waals surface area (Å²) >= 11 is 0. The van der Waals surface area contributed by atoms with Crippen LogP contribution in [0.2, 0.25) is 0 Å². The Bertz CT molecular complexity index is 1380. The maximum atomic E-state index is 13.4. The summed E-state index contributed by atoms with van der Waals surface area (Å²) in [6.45, 7) is -0.119. The van der Waals surface area contributed by atoms with Gasteiger partial charge in [0, 0.05) is 30.9 Å². The Kier molecular flexibility index (Phi) is 6.65. The fraction of sp³-hybridized carbons (Fsp3) is 0.200. The number of nitrogens with zero attached hydrogens (tertiary/aromatic N) is 2. The van der Waals surface area contributed by atoms with Crippen LogP contribution in [0.25, 0.3) is 0 Å². The molecule has 0 aliphatic heterocycles. The van der Waals surface area contributed by atoms with E-state index >= 15 is 0 Å². The molecule has 0 saturated carbocycles. The molecule has 0 bridgehead atoms. The van der Waals surface area contributed by atoms with E-state index in [0.29, 0.717) is 17.4 Å². The van der Waals surface area contributed by atoms with Crippen molar-refractivity contribution in [2.45, 2.75) is 22.5 Å². The highest BCUT2D eigenvalue weighted by Crippen LogP contribution is 2.34. The number of alkyl halides is 3. The van der Waals surface area contributed by atoms with Crippen LogP contribution in [0.3, 0.4) is 0 Å². The Balaban J connectivity index is 1.86. The fourth-order valence-corrected chi connectivity index (χ4v) is 4.09. The number of hydrogen-bond acceptors (Lipinski definition) is 8. The predicted octanol–water partition coefficient (Wildman–Crippen LogP) is 3.66. The molecule has 1 heterocycles. The molecule has 0 amide bonds. The third kappa shape index (κ3) is 6.42. The van der Waals surface area contributed by atoms with Crippen molar-refractivity contribution in [1.29, 1.82) is 0 Å². The van der Waals surface area contributed by atoms with Crippen LogP contribution in [0, 0.1) is 0 Å². The molecule has 0 aliphatic rings. The summed E-state index contributed by atoms with van der Waals surface area (Å²) in [5.41, 5.74) is -0.288. The third-order valence-electron chi connectivity index (χ3n) is 4.42. The van der Waals surface area contributed by atoms with Gasteiger partial charge < -0.3 is 10.6 Å². The van der Waals surface area contributed by atoms with Crippen LogP contribution in [0.1, 0.15) is 11.1 Å². The van der Waals surface area contributed by atoms with Crippen molar-refractivity contribution in [1.82, 2.24) is 9.97 Å². The van der Waals surface area contributed by atoms with E-state index in [-0.39, 0.29) is 22.3 Å². The zero-order chi connectivity index (χ0) is 24.4. The summed E-state index contributed by atoms with van der Waals surface area (Å²) in [7, 11) is -6.87. The van der Waals surface area contributed by atoms with Gasteiger partial charge in [-0.3, -0.25) is 0 Å². The van der Waals surface area contributed by atoms with Crippen LogP contribution in [-0.4, -0.2) is 39.3 Å². The molecule has 0 fully saturated rings. The number of rotatable bonds is 7. The Morgan fingerprint density at radius 3 is 2.12 bits per heavy atom. The van der Waals surface area contributed by atoms with Crippen LogP contribution >= 0.6 is 0 Å². The molecule has 0 spiro atoms.